The summed E-state index contributed by atoms with van der Waals surface area (Å²) in [6.07, 6.45) is 0. The SMILES string of the molecule is CCNC(=O)c1cccc(-c2cc(O)cc(C(=O)O)c2)c1. The molecule has 21 heavy (non-hydrogen) atoms. The molecule has 0 heterocycles. The number of rotatable bonds is 4. The van der Waals surface area contributed by atoms with E-state index >= 15 is 0 Å². The van der Waals surface area contributed by atoms with Crippen LogP contribution in [0.15, 0.2) is 42.5 Å². The van der Waals surface area contributed by atoms with Gasteiger partial charge in [0.25, 0.3) is 5.91 Å². The third-order valence-electron chi connectivity index (χ3n) is 2.96. The first-order valence-electron chi connectivity index (χ1n) is 6.47. The van der Waals surface area contributed by atoms with E-state index in [9.17, 15) is 14.7 Å². The Morgan fingerprint density at radius 1 is 1.05 bits per heavy atom. The number of phenolic OH excluding ortho intramolecular Hbond substituents is 1. The normalized spacial score (nSPS) is 10.1. The van der Waals surface area contributed by atoms with Crippen LogP contribution in [0.2, 0.25) is 0 Å². The van der Waals surface area contributed by atoms with Crippen molar-refractivity contribution in [3.8, 4) is 16.9 Å². The molecule has 0 fully saturated rings. The van der Waals surface area contributed by atoms with Gasteiger partial charge in [-0.1, -0.05) is 12.1 Å². The van der Waals surface area contributed by atoms with Crippen molar-refractivity contribution in [1.29, 1.82) is 0 Å². The second-order valence-corrected chi connectivity index (χ2v) is 4.51. The molecular formula is C16H15NO4. The quantitative estimate of drug-likeness (QED) is 0.805. The van der Waals surface area contributed by atoms with Gasteiger partial charge in [0.2, 0.25) is 0 Å². The predicted molar refractivity (Wildman–Crippen MR) is 78.5 cm³/mol. The number of carboxylic acids is 1. The Balaban J connectivity index is 2.45. The van der Waals surface area contributed by atoms with E-state index in [0.29, 0.717) is 23.2 Å². The molecule has 1 amide bonds. The molecule has 0 saturated carbocycles. The lowest BCUT2D eigenvalue weighted by atomic mass is 10.0. The Hall–Kier alpha value is -2.82. The smallest absolute Gasteiger partial charge is 0.335 e. The zero-order valence-electron chi connectivity index (χ0n) is 11.5. The molecule has 0 unspecified atom stereocenters. The first-order chi connectivity index (χ1) is 10.0. The molecule has 0 radical (unpaired) electrons. The zero-order chi connectivity index (χ0) is 15.4. The maximum absolute atomic E-state index is 11.8. The summed E-state index contributed by atoms with van der Waals surface area (Å²) in [5.74, 6) is -1.45. The first-order valence-corrected chi connectivity index (χ1v) is 6.47. The van der Waals surface area contributed by atoms with Gasteiger partial charge in [-0.15, -0.1) is 0 Å². The molecule has 5 nitrogen and oxygen atoms in total. The van der Waals surface area contributed by atoms with Crippen LogP contribution in [-0.2, 0) is 0 Å². The number of nitrogens with one attached hydrogen (secondary N) is 1. The molecule has 0 aliphatic carbocycles. The number of benzene rings is 2. The standard InChI is InChI=1S/C16H15NO4/c1-2-17-15(19)11-5-3-4-10(6-11)12-7-13(16(20)21)9-14(18)8-12/h3-9,18H,2H2,1H3,(H,17,19)(H,20,21). The Morgan fingerprint density at radius 2 is 1.76 bits per heavy atom. The van der Waals surface area contributed by atoms with E-state index in [1.54, 1.807) is 24.3 Å². The second kappa shape index (κ2) is 6.09. The van der Waals surface area contributed by atoms with E-state index in [4.69, 9.17) is 5.11 Å². The van der Waals surface area contributed by atoms with Crippen LogP contribution in [0.1, 0.15) is 27.6 Å². The molecule has 3 N–H and O–H groups in total. The van der Waals surface area contributed by atoms with Crippen LogP contribution >= 0.6 is 0 Å². The van der Waals surface area contributed by atoms with Gasteiger partial charge >= 0.3 is 5.97 Å². The molecule has 0 saturated heterocycles. The molecule has 2 aromatic carbocycles. The summed E-state index contributed by atoms with van der Waals surface area (Å²) < 4.78 is 0. The van der Waals surface area contributed by atoms with E-state index in [2.05, 4.69) is 5.32 Å². The topological polar surface area (TPSA) is 86.6 Å². The number of aromatic carboxylic acids is 1. The summed E-state index contributed by atoms with van der Waals surface area (Å²) in [4.78, 5) is 22.8. The molecule has 5 heteroatoms. The van der Waals surface area contributed by atoms with Crippen molar-refractivity contribution in [2.24, 2.45) is 0 Å². The predicted octanol–water partition coefficient (Wildman–Crippen LogP) is 2.51. The number of amides is 1. The Labute approximate surface area is 121 Å². The zero-order valence-corrected chi connectivity index (χ0v) is 11.5. The number of carboxylic acid groups (broad SMARTS) is 1. The molecule has 108 valence electrons. The van der Waals surface area contributed by atoms with Gasteiger partial charge in [0.05, 0.1) is 5.56 Å². The van der Waals surface area contributed by atoms with Gasteiger partial charge in [-0.25, -0.2) is 4.79 Å². The van der Waals surface area contributed by atoms with Crippen LogP contribution in [0.4, 0.5) is 0 Å². The lowest BCUT2D eigenvalue weighted by Crippen LogP contribution is -2.22. The van der Waals surface area contributed by atoms with Crippen molar-refractivity contribution in [2.75, 3.05) is 6.54 Å². The number of hydrogen-bond acceptors (Lipinski definition) is 3. The van der Waals surface area contributed by atoms with Crippen molar-refractivity contribution in [2.45, 2.75) is 6.92 Å². The van der Waals surface area contributed by atoms with E-state index in [1.165, 1.54) is 18.2 Å². The summed E-state index contributed by atoms with van der Waals surface area (Å²) >= 11 is 0. The monoisotopic (exact) mass is 285 g/mol. The first kappa shape index (κ1) is 14.6. The molecule has 0 aromatic heterocycles. The average molecular weight is 285 g/mol. The molecule has 2 aromatic rings. The van der Waals surface area contributed by atoms with Gasteiger partial charge in [-0.2, -0.15) is 0 Å². The highest BCUT2D eigenvalue weighted by Gasteiger charge is 2.10. The summed E-state index contributed by atoms with van der Waals surface area (Å²) in [6.45, 7) is 2.36. The lowest BCUT2D eigenvalue weighted by molar-refractivity contribution is 0.0696. The van der Waals surface area contributed by atoms with Crippen molar-refractivity contribution >= 4 is 11.9 Å². The number of carbonyl (C=O) groups is 2. The van der Waals surface area contributed by atoms with Crippen molar-refractivity contribution in [3.63, 3.8) is 0 Å². The summed E-state index contributed by atoms with van der Waals surface area (Å²) in [5, 5.41) is 21.3. The van der Waals surface area contributed by atoms with Crippen LogP contribution < -0.4 is 5.32 Å². The Kier molecular flexibility index (Phi) is 4.23. The van der Waals surface area contributed by atoms with Crippen molar-refractivity contribution < 1.29 is 19.8 Å². The number of aromatic hydroxyl groups is 1. The van der Waals surface area contributed by atoms with Gasteiger partial charge in [0.1, 0.15) is 5.75 Å². The highest BCUT2D eigenvalue weighted by Crippen LogP contribution is 2.26. The summed E-state index contributed by atoms with van der Waals surface area (Å²) in [5.41, 5.74) is 1.68. The average Bonchev–Trinajstić information content (AvgIpc) is 2.47. The van der Waals surface area contributed by atoms with Crippen molar-refractivity contribution in [1.82, 2.24) is 5.32 Å². The summed E-state index contributed by atoms with van der Waals surface area (Å²) in [6, 6.07) is 10.9. The highest BCUT2D eigenvalue weighted by molar-refractivity contribution is 5.96. The third kappa shape index (κ3) is 3.39. The van der Waals surface area contributed by atoms with Gasteiger partial charge in [0.15, 0.2) is 0 Å². The van der Waals surface area contributed by atoms with Gasteiger partial charge < -0.3 is 15.5 Å². The molecular weight excluding hydrogens is 270 g/mol. The van der Waals surface area contributed by atoms with Crippen LogP contribution in [0.5, 0.6) is 5.75 Å². The lowest BCUT2D eigenvalue weighted by Gasteiger charge is -2.07. The minimum absolute atomic E-state index is 0.00610. The summed E-state index contributed by atoms with van der Waals surface area (Å²) in [7, 11) is 0. The fourth-order valence-corrected chi connectivity index (χ4v) is 2.00. The Morgan fingerprint density at radius 3 is 2.43 bits per heavy atom. The fourth-order valence-electron chi connectivity index (χ4n) is 2.00. The molecule has 2 rings (SSSR count). The number of carbonyl (C=O) groups excluding carboxylic acids is 1. The van der Waals surface area contributed by atoms with E-state index in [0.717, 1.165) is 0 Å². The minimum Gasteiger partial charge on any atom is -0.508 e. The van der Waals surface area contributed by atoms with E-state index in [-0.39, 0.29) is 17.2 Å². The minimum atomic E-state index is -1.12. The molecule has 0 aliphatic rings. The van der Waals surface area contributed by atoms with Gasteiger partial charge in [-0.3, -0.25) is 4.79 Å². The van der Waals surface area contributed by atoms with E-state index in [1.807, 2.05) is 6.92 Å². The molecule has 0 atom stereocenters. The van der Waals surface area contributed by atoms with E-state index < -0.39 is 5.97 Å². The Bertz CT molecular complexity index is 694. The third-order valence-corrected chi connectivity index (χ3v) is 2.96. The number of phenols is 1. The molecule has 0 aliphatic heterocycles. The van der Waals surface area contributed by atoms with Crippen LogP contribution in [-0.4, -0.2) is 28.6 Å². The highest BCUT2D eigenvalue weighted by atomic mass is 16.4. The van der Waals surface area contributed by atoms with Crippen LogP contribution in [0.3, 0.4) is 0 Å². The van der Waals surface area contributed by atoms with Gasteiger partial charge in [-0.05, 0) is 48.4 Å². The number of hydrogen-bond donors (Lipinski definition) is 3. The molecule has 0 spiro atoms. The fraction of sp³-hybridized carbons (Fsp3) is 0.125. The van der Waals surface area contributed by atoms with Crippen LogP contribution in [0, 0.1) is 0 Å². The largest absolute Gasteiger partial charge is 0.508 e. The maximum Gasteiger partial charge on any atom is 0.335 e. The maximum atomic E-state index is 11.8. The molecule has 0 bridgehead atoms. The second-order valence-electron chi connectivity index (χ2n) is 4.51. The van der Waals surface area contributed by atoms with Crippen LogP contribution in [0.25, 0.3) is 11.1 Å². The van der Waals surface area contributed by atoms with Gasteiger partial charge in [0, 0.05) is 12.1 Å². The van der Waals surface area contributed by atoms with Crippen molar-refractivity contribution in [3.05, 3.63) is 53.6 Å².